The van der Waals surface area contributed by atoms with Crippen LogP contribution in [0.15, 0.2) is 59.3 Å². The van der Waals surface area contributed by atoms with Gasteiger partial charge in [-0.3, -0.25) is 9.79 Å². The molecule has 0 aromatic heterocycles. The zero-order chi connectivity index (χ0) is 15.3. The van der Waals surface area contributed by atoms with Gasteiger partial charge in [-0.05, 0) is 29.3 Å². The highest BCUT2D eigenvalue weighted by Gasteiger charge is 2.49. The van der Waals surface area contributed by atoms with E-state index in [1.807, 2.05) is 24.3 Å². The molecular weight excluding hydrogens is 278 g/mol. The molecule has 1 aliphatic carbocycles. The monoisotopic (exact) mass is 291 g/mol. The molecule has 0 saturated carbocycles. The van der Waals surface area contributed by atoms with Gasteiger partial charge < -0.3 is 10.2 Å². The number of ketones is 1. The number of allylic oxidation sites excluding steroid dienone is 2. The van der Waals surface area contributed by atoms with E-state index in [2.05, 4.69) is 4.99 Å². The second-order valence-corrected chi connectivity index (χ2v) is 5.62. The van der Waals surface area contributed by atoms with Crippen LogP contribution >= 0.6 is 0 Å². The lowest BCUT2D eigenvalue weighted by Crippen LogP contribution is -2.25. The Morgan fingerprint density at radius 1 is 1.00 bits per heavy atom. The van der Waals surface area contributed by atoms with Crippen LogP contribution in [0.25, 0.3) is 5.57 Å². The lowest BCUT2D eigenvalue weighted by atomic mass is 9.74. The topological polar surface area (TPSA) is 69.9 Å². The Morgan fingerprint density at radius 3 is 2.50 bits per heavy atom. The van der Waals surface area contributed by atoms with Gasteiger partial charge in [0.2, 0.25) is 0 Å². The highest BCUT2D eigenvalue weighted by atomic mass is 16.3. The highest BCUT2D eigenvalue weighted by molar-refractivity contribution is 6.17. The van der Waals surface area contributed by atoms with Crippen molar-refractivity contribution in [2.75, 3.05) is 0 Å². The van der Waals surface area contributed by atoms with Crippen LogP contribution in [0.2, 0.25) is 0 Å². The summed E-state index contributed by atoms with van der Waals surface area (Å²) >= 11 is 0. The van der Waals surface area contributed by atoms with Crippen LogP contribution in [0.3, 0.4) is 0 Å². The fourth-order valence-electron chi connectivity index (χ4n) is 3.35. The fraction of sp³-hybridized carbons (Fsp3) is 0.111. The number of hydrogen-bond donors (Lipinski definition) is 2. The molecule has 0 amide bonds. The number of phenolic OH excluding ortho intramolecular Hbond substituents is 1. The van der Waals surface area contributed by atoms with Crippen molar-refractivity contribution >= 4 is 23.3 Å². The standard InChI is InChI=1S/C18H13NO3/c20-12-7-5-11(6-8-12)16-17(22)15(21)9-18(16)10-19-14-4-2-1-3-13(14)18/h1-8,10,20,22H,9H2/t18-/m0/s1. The minimum absolute atomic E-state index is 0.141. The molecule has 4 heteroatoms. The molecule has 1 heterocycles. The summed E-state index contributed by atoms with van der Waals surface area (Å²) in [7, 11) is 0. The van der Waals surface area contributed by atoms with E-state index >= 15 is 0 Å². The van der Waals surface area contributed by atoms with Crippen molar-refractivity contribution in [1.29, 1.82) is 0 Å². The molecule has 2 N–H and O–H groups in total. The van der Waals surface area contributed by atoms with E-state index in [0.29, 0.717) is 11.1 Å². The average molecular weight is 291 g/mol. The maximum absolute atomic E-state index is 12.2. The number of fused-ring (bicyclic) bond motifs is 2. The van der Waals surface area contributed by atoms with Crippen molar-refractivity contribution < 1.29 is 15.0 Å². The van der Waals surface area contributed by atoms with Crippen LogP contribution < -0.4 is 0 Å². The number of benzene rings is 2. The van der Waals surface area contributed by atoms with E-state index in [1.165, 1.54) is 0 Å². The van der Waals surface area contributed by atoms with E-state index in [9.17, 15) is 15.0 Å². The van der Waals surface area contributed by atoms with Gasteiger partial charge >= 0.3 is 0 Å². The first-order chi connectivity index (χ1) is 10.6. The van der Waals surface area contributed by atoms with Crippen molar-refractivity contribution in [2.45, 2.75) is 11.8 Å². The van der Waals surface area contributed by atoms with E-state index in [4.69, 9.17) is 0 Å². The number of phenols is 1. The maximum Gasteiger partial charge on any atom is 0.199 e. The number of carbonyl (C=O) groups excluding carboxylic acids is 1. The first kappa shape index (κ1) is 12.8. The number of aliphatic hydroxyl groups is 1. The molecule has 0 bridgehead atoms. The summed E-state index contributed by atoms with van der Waals surface area (Å²) < 4.78 is 0. The van der Waals surface area contributed by atoms with Crippen LogP contribution in [-0.2, 0) is 10.2 Å². The summed E-state index contributed by atoms with van der Waals surface area (Å²) in [5, 5.41) is 19.8. The predicted octanol–water partition coefficient (Wildman–Crippen LogP) is 3.29. The number of aromatic hydroxyl groups is 1. The first-order valence-corrected chi connectivity index (χ1v) is 7.03. The largest absolute Gasteiger partial charge is 0.508 e. The normalized spacial score (nSPS) is 22.6. The molecule has 2 aromatic carbocycles. The smallest absolute Gasteiger partial charge is 0.199 e. The second kappa shape index (κ2) is 4.31. The number of nitrogens with zero attached hydrogens (tertiary/aromatic N) is 1. The summed E-state index contributed by atoms with van der Waals surface area (Å²) in [4.78, 5) is 16.6. The van der Waals surface area contributed by atoms with Gasteiger partial charge in [0.05, 0.1) is 11.1 Å². The van der Waals surface area contributed by atoms with Gasteiger partial charge in [0.25, 0.3) is 0 Å². The van der Waals surface area contributed by atoms with Gasteiger partial charge in [-0.15, -0.1) is 0 Å². The number of carbonyl (C=O) groups is 1. The van der Waals surface area contributed by atoms with E-state index < -0.39 is 5.41 Å². The zero-order valence-electron chi connectivity index (χ0n) is 11.7. The van der Waals surface area contributed by atoms with E-state index in [0.717, 1.165) is 11.3 Å². The minimum atomic E-state index is -0.714. The lowest BCUT2D eigenvalue weighted by Gasteiger charge is -2.25. The summed E-state index contributed by atoms with van der Waals surface area (Å²) in [6, 6.07) is 14.1. The Kier molecular flexibility index (Phi) is 2.51. The number of Topliss-reactive ketones (excluding diaryl/α,β-unsaturated/α-hetero) is 1. The van der Waals surface area contributed by atoms with Gasteiger partial charge in [0.15, 0.2) is 11.5 Å². The number of hydrogen-bond acceptors (Lipinski definition) is 4. The number of para-hydroxylation sites is 1. The third-order valence-corrected chi connectivity index (χ3v) is 4.35. The first-order valence-electron chi connectivity index (χ1n) is 7.03. The molecule has 108 valence electrons. The molecule has 1 spiro atoms. The number of rotatable bonds is 1. The molecule has 0 fully saturated rings. The second-order valence-electron chi connectivity index (χ2n) is 5.62. The van der Waals surface area contributed by atoms with Gasteiger partial charge in [-0.25, -0.2) is 0 Å². The summed E-state index contributed by atoms with van der Waals surface area (Å²) in [5.41, 5.74) is 2.31. The molecule has 4 rings (SSSR count). The van der Waals surface area contributed by atoms with Crippen molar-refractivity contribution in [3.05, 3.63) is 65.4 Å². The van der Waals surface area contributed by atoms with Gasteiger partial charge in [-0.1, -0.05) is 30.3 Å². The van der Waals surface area contributed by atoms with Crippen LogP contribution in [0.1, 0.15) is 17.5 Å². The summed E-state index contributed by atoms with van der Waals surface area (Å²) in [5.74, 6) is -0.359. The Hall–Kier alpha value is -2.88. The van der Waals surface area contributed by atoms with Crippen molar-refractivity contribution in [3.63, 3.8) is 0 Å². The number of aliphatic imine (C=N–C) groups is 1. The highest BCUT2D eigenvalue weighted by Crippen LogP contribution is 2.52. The van der Waals surface area contributed by atoms with Gasteiger partial charge in [0, 0.05) is 18.2 Å². The molecule has 1 aliphatic heterocycles. The van der Waals surface area contributed by atoms with Crippen molar-refractivity contribution in [3.8, 4) is 5.75 Å². The Balaban J connectivity index is 1.97. The zero-order valence-corrected chi connectivity index (χ0v) is 11.7. The number of aliphatic hydroxyl groups excluding tert-OH is 1. The van der Waals surface area contributed by atoms with E-state index in [-0.39, 0.29) is 23.7 Å². The van der Waals surface area contributed by atoms with Gasteiger partial charge in [0.1, 0.15) is 5.75 Å². The molecule has 0 unspecified atom stereocenters. The molecule has 0 radical (unpaired) electrons. The van der Waals surface area contributed by atoms with Gasteiger partial charge in [-0.2, -0.15) is 0 Å². The molecule has 2 aromatic rings. The average Bonchev–Trinajstić information content (AvgIpc) is 3.01. The van der Waals surface area contributed by atoms with Crippen molar-refractivity contribution in [1.82, 2.24) is 0 Å². The molecule has 1 atom stereocenters. The van der Waals surface area contributed by atoms with E-state index in [1.54, 1.807) is 30.5 Å². The third kappa shape index (κ3) is 1.58. The summed E-state index contributed by atoms with van der Waals surface area (Å²) in [6.45, 7) is 0. The van der Waals surface area contributed by atoms with Crippen molar-refractivity contribution in [2.24, 2.45) is 4.99 Å². The molecular formula is C18H13NO3. The SMILES string of the molecule is O=C1C[C@@]2(C=Nc3ccccc32)C(c2ccc(O)cc2)=C1O. The van der Waals surface area contributed by atoms with Crippen LogP contribution in [0, 0.1) is 0 Å². The summed E-state index contributed by atoms with van der Waals surface area (Å²) in [6.07, 6.45) is 1.93. The molecule has 22 heavy (non-hydrogen) atoms. The van der Waals surface area contributed by atoms with Crippen LogP contribution in [-0.4, -0.2) is 22.2 Å². The quantitative estimate of drug-likeness (QED) is 0.847. The van der Waals surface area contributed by atoms with Crippen LogP contribution in [0.5, 0.6) is 5.75 Å². The molecule has 0 saturated heterocycles. The Labute approximate surface area is 127 Å². The fourth-order valence-corrected chi connectivity index (χ4v) is 3.35. The predicted molar refractivity (Wildman–Crippen MR) is 83.6 cm³/mol. The molecule has 4 nitrogen and oxygen atoms in total. The minimum Gasteiger partial charge on any atom is -0.508 e. The maximum atomic E-state index is 12.2. The third-order valence-electron chi connectivity index (χ3n) is 4.35. The Bertz CT molecular complexity index is 849. The Morgan fingerprint density at radius 2 is 1.73 bits per heavy atom. The lowest BCUT2D eigenvalue weighted by molar-refractivity contribution is -0.117. The molecule has 2 aliphatic rings. The van der Waals surface area contributed by atoms with Crippen LogP contribution in [0.4, 0.5) is 5.69 Å².